The second kappa shape index (κ2) is 5.30. The van der Waals surface area contributed by atoms with Crippen LogP contribution in [-0.2, 0) is 11.2 Å². The first-order valence-corrected chi connectivity index (χ1v) is 5.63. The average molecular weight is 225 g/mol. The van der Waals surface area contributed by atoms with Crippen LogP contribution in [0.4, 0.5) is 5.69 Å². The lowest BCUT2D eigenvalue weighted by molar-refractivity contribution is -0.117. The molecule has 0 unspecified atom stereocenters. The molecule has 0 saturated heterocycles. The maximum Gasteiger partial charge on any atom is 0.231 e. The first kappa shape index (κ1) is 11.4. The van der Waals surface area contributed by atoms with Gasteiger partial charge in [0.15, 0.2) is 0 Å². The van der Waals surface area contributed by atoms with Crippen LogP contribution in [0.1, 0.15) is 5.56 Å². The van der Waals surface area contributed by atoms with E-state index >= 15 is 0 Å². The molecular weight excluding hydrogens is 210 g/mol. The fourth-order valence-electron chi connectivity index (χ4n) is 1.68. The third-order valence-corrected chi connectivity index (χ3v) is 2.72. The largest absolute Gasteiger partial charge is 0.315 e. The normalized spacial score (nSPS) is 9.94. The minimum absolute atomic E-state index is 0.0994. The lowest BCUT2D eigenvalue weighted by atomic mass is 10.1. The third kappa shape index (κ3) is 2.94. The number of carbonyl (C=O) groups is 1. The molecule has 1 amide bonds. The van der Waals surface area contributed by atoms with E-state index in [1.165, 1.54) is 0 Å². The zero-order valence-electron chi connectivity index (χ0n) is 9.84. The molecule has 0 aliphatic heterocycles. The van der Waals surface area contributed by atoms with Crippen LogP contribution in [0.5, 0.6) is 0 Å². The monoisotopic (exact) mass is 225 g/mol. The molecule has 0 bridgehead atoms. The topological polar surface area (TPSA) is 20.3 Å². The number of hydrogen-bond acceptors (Lipinski definition) is 1. The predicted molar refractivity (Wildman–Crippen MR) is 70.0 cm³/mol. The van der Waals surface area contributed by atoms with Crippen LogP contribution in [-0.4, -0.2) is 13.0 Å². The van der Waals surface area contributed by atoms with E-state index in [0.717, 1.165) is 11.3 Å². The van der Waals surface area contributed by atoms with Crippen LogP contribution in [0.15, 0.2) is 60.7 Å². The number of carbonyl (C=O) groups excluding carboxylic acids is 1. The Labute approximate surface area is 102 Å². The van der Waals surface area contributed by atoms with Gasteiger partial charge in [0.2, 0.25) is 5.91 Å². The van der Waals surface area contributed by atoms with Crippen LogP contribution in [0.25, 0.3) is 0 Å². The van der Waals surface area contributed by atoms with Crippen molar-refractivity contribution in [3.05, 3.63) is 66.2 Å². The fraction of sp³-hybridized carbons (Fsp3) is 0.133. The van der Waals surface area contributed by atoms with Crippen molar-refractivity contribution in [1.29, 1.82) is 0 Å². The molecule has 0 aliphatic carbocycles. The summed E-state index contributed by atoms with van der Waals surface area (Å²) in [7, 11) is 1.81. The maximum absolute atomic E-state index is 12.0. The average Bonchev–Trinajstić information content (AvgIpc) is 2.40. The van der Waals surface area contributed by atoms with E-state index in [1.54, 1.807) is 11.9 Å². The summed E-state index contributed by atoms with van der Waals surface area (Å²) in [4.78, 5) is 13.7. The molecule has 0 aromatic heterocycles. The minimum Gasteiger partial charge on any atom is -0.315 e. The third-order valence-electron chi connectivity index (χ3n) is 2.72. The Hall–Kier alpha value is -2.09. The molecule has 0 radical (unpaired) electrons. The first-order chi connectivity index (χ1) is 8.27. The van der Waals surface area contributed by atoms with Crippen molar-refractivity contribution < 1.29 is 4.79 Å². The number of rotatable bonds is 3. The standard InChI is InChI=1S/C15H15NO/c1-16(14-10-6-3-7-11-14)15(17)12-13-8-4-2-5-9-13/h2-11H,12H2,1H3. The highest BCUT2D eigenvalue weighted by atomic mass is 16.2. The summed E-state index contributed by atoms with van der Waals surface area (Å²) >= 11 is 0. The van der Waals surface area contributed by atoms with Gasteiger partial charge in [-0.05, 0) is 17.7 Å². The van der Waals surface area contributed by atoms with E-state index in [4.69, 9.17) is 0 Å². The zero-order valence-corrected chi connectivity index (χ0v) is 9.84. The molecular formula is C15H15NO. The Kier molecular flexibility index (Phi) is 3.55. The smallest absolute Gasteiger partial charge is 0.231 e. The summed E-state index contributed by atoms with van der Waals surface area (Å²) < 4.78 is 0. The molecule has 2 aromatic carbocycles. The van der Waals surface area contributed by atoms with Gasteiger partial charge in [-0.1, -0.05) is 48.5 Å². The second-order valence-corrected chi connectivity index (χ2v) is 3.95. The Balaban J connectivity index is 2.06. The molecule has 2 aromatic rings. The fourth-order valence-corrected chi connectivity index (χ4v) is 1.68. The van der Waals surface area contributed by atoms with Crippen molar-refractivity contribution in [2.24, 2.45) is 0 Å². The molecule has 0 aliphatic rings. The number of likely N-dealkylation sites (N-methyl/N-ethyl adjacent to an activating group) is 1. The number of hydrogen-bond donors (Lipinski definition) is 0. The number of nitrogens with zero attached hydrogens (tertiary/aromatic N) is 1. The summed E-state index contributed by atoms with van der Waals surface area (Å²) in [5.74, 6) is 0.0994. The Morgan fingerprint density at radius 1 is 0.941 bits per heavy atom. The molecule has 2 nitrogen and oxygen atoms in total. The van der Waals surface area contributed by atoms with Gasteiger partial charge in [0.25, 0.3) is 0 Å². The quantitative estimate of drug-likeness (QED) is 0.786. The van der Waals surface area contributed by atoms with Crippen molar-refractivity contribution in [2.75, 3.05) is 11.9 Å². The van der Waals surface area contributed by atoms with E-state index in [-0.39, 0.29) is 5.91 Å². The highest BCUT2D eigenvalue weighted by Crippen LogP contribution is 2.12. The van der Waals surface area contributed by atoms with Gasteiger partial charge in [0, 0.05) is 12.7 Å². The molecule has 0 saturated carbocycles. The Morgan fingerprint density at radius 2 is 1.47 bits per heavy atom. The molecule has 0 spiro atoms. The van der Waals surface area contributed by atoms with Crippen molar-refractivity contribution in [2.45, 2.75) is 6.42 Å². The molecule has 2 heteroatoms. The second-order valence-electron chi connectivity index (χ2n) is 3.95. The van der Waals surface area contributed by atoms with Gasteiger partial charge >= 0.3 is 0 Å². The van der Waals surface area contributed by atoms with Gasteiger partial charge < -0.3 is 4.90 Å². The van der Waals surface area contributed by atoms with Crippen molar-refractivity contribution in [3.63, 3.8) is 0 Å². The molecule has 0 fully saturated rings. The van der Waals surface area contributed by atoms with Crippen LogP contribution in [0.3, 0.4) is 0 Å². The predicted octanol–water partition coefficient (Wildman–Crippen LogP) is 2.89. The highest BCUT2D eigenvalue weighted by Gasteiger charge is 2.10. The van der Waals surface area contributed by atoms with Crippen molar-refractivity contribution >= 4 is 11.6 Å². The van der Waals surface area contributed by atoms with Gasteiger partial charge in [0.05, 0.1) is 6.42 Å². The Bertz CT molecular complexity index is 479. The minimum atomic E-state index is 0.0994. The molecule has 0 heterocycles. The SMILES string of the molecule is CN(C(=O)Cc1ccccc1)c1ccccc1. The summed E-state index contributed by atoms with van der Waals surface area (Å²) in [5, 5.41) is 0. The number of amides is 1. The van der Waals surface area contributed by atoms with Crippen LogP contribution in [0, 0.1) is 0 Å². The number of anilines is 1. The molecule has 2 rings (SSSR count). The van der Waals surface area contributed by atoms with Crippen LogP contribution in [0.2, 0.25) is 0 Å². The lowest BCUT2D eigenvalue weighted by Gasteiger charge is -2.17. The number of benzene rings is 2. The van der Waals surface area contributed by atoms with E-state index in [2.05, 4.69) is 0 Å². The van der Waals surface area contributed by atoms with Gasteiger partial charge in [-0.25, -0.2) is 0 Å². The van der Waals surface area contributed by atoms with Crippen LogP contribution < -0.4 is 4.90 Å². The summed E-state index contributed by atoms with van der Waals surface area (Å²) in [6, 6.07) is 19.5. The summed E-state index contributed by atoms with van der Waals surface area (Å²) in [6.45, 7) is 0. The molecule has 0 atom stereocenters. The van der Waals surface area contributed by atoms with E-state index in [0.29, 0.717) is 6.42 Å². The van der Waals surface area contributed by atoms with Gasteiger partial charge in [0.1, 0.15) is 0 Å². The van der Waals surface area contributed by atoms with Gasteiger partial charge in [-0.3, -0.25) is 4.79 Å². The van der Waals surface area contributed by atoms with E-state index < -0.39 is 0 Å². The Morgan fingerprint density at radius 3 is 2.06 bits per heavy atom. The molecule has 17 heavy (non-hydrogen) atoms. The van der Waals surface area contributed by atoms with Crippen molar-refractivity contribution in [3.8, 4) is 0 Å². The first-order valence-electron chi connectivity index (χ1n) is 5.63. The molecule has 86 valence electrons. The summed E-state index contributed by atoms with van der Waals surface area (Å²) in [5.41, 5.74) is 1.97. The molecule has 0 N–H and O–H groups in total. The van der Waals surface area contributed by atoms with E-state index in [1.807, 2.05) is 60.7 Å². The lowest BCUT2D eigenvalue weighted by Crippen LogP contribution is -2.27. The van der Waals surface area contributed by atoms with Gasteiger partial charge in [-0.2, -0.15) is 0 Å². The van der Waals surface area contributed by atoms with Gasteiger partial charge in [-0.15, -0.1) is 0 Å². The maximum atomic E-state index is 12.0. The highest BCUT2D eigenvalue weighted by molar-refractivity contribution is 5.94. The number of para-hydroxylation sites is 1. The summed E-state index contributed by atoms with van der Waals surface area (Å²) in [6.07, 6.45) is 0.437. The van der Waals surface area contributed by atoms with E-state index in [9.17, 15) is 4.79 Å². The van der Waals surface area contributed by atoms with Crippen LogP contribution >= 0.6 is 0 Å². The van der Waals surface area contributed by atoms with Crippen molar-refractivity contribution in [1.82, 2.24) is 0 Å². The zero-order chi connectivity index (χ0) is 12.1.